The number of benzene rings is 2. The van der Waals surface area contributed by atoms with Gasteiger partial charge in [-0.2, -0.15) is 0 Å². The number of nitrogens with two attached hydrogens (primary N) is 1. The molecule has 2 aromatic carbocycles. The molecule has 22 heavy (non-hydrogen) atoms. The molecule has 2 N–H and O–H groups in total. The summed E-state index contributed by atoms with van der Waals surface area (Å²) in [5, 5.41) is 4.32. The minimum Gasteiger partial charge on any atom is -0.380 e. The van der Waals surface area contributed by atoms with Crippen molar-refractivity contribution in [3.05, 3.63) is 70.7 Å². The lowest BCUT2D eigenvalue weighted by atomic mass is 9.97. The van der Waals surface area contributed by atoms with Gasteiger partial charge in [-0.25, -0.2) is 4.79 Å². The molecule has 5 heteroatoms. The van der Waals surface area contributed by atoms with Gasteiger partial charge in [0.1, 0.15) is 0 Å². The molecule has 0 aliphatic rings. The highest BCUT2D eigenvalue weighted by molar-refractivity contribution is 6.30. The van der Waals surface area contributed by atoms with Crippen LogP contribution < -0.4 is 5.73 Å². The average Bonchev–Trinajstić information content (AvgIpc) is 2.55. The van der Waals surface area contributed by atoms with Crippen LogP contribution in [-0.4, -0.2) is 11.8 Å². The minimum atomic E-state index is -0.425. The molecule has 0 aromatic heterocycles. The van der Waals surface area contributed by atoms with E-state index in [1.54, 1.807) is 24.3 Å². The van der Waals surface area contributed by atoms with Crippen molar-refractivity contribution in [2.75, 3.05) is 0 Å². The number of carbonyl (C=O) groups is 1. The van der Waals surface area contributed by atoms with Gasteiger partial charge in [0, 0.05) is 10.6 Å². The zero-order chi connectivity index (χ0) is 15.9. The minimum absolute atomic E-state index is 0.132. The maximum atomic E-state index is 12.2. The highest BCUT2D eigenvalue weighted by Crippen LogP contribution is 2.21. The first-order valence-corrected chi connectivity index (χ1v) is 7.34. The summed E-state index contributed by atoms with van der Waals surface area (Å²) in [6.07, 6.45) is 0.624. The van der Waals surface area contributed by atoms with Crippen LogP contribution in [0.2, 0.25) is 5.02 Å². The van der Waals surface area contributed by atoms with Gasteiger partial charge in [0.15, 0.2) is 5.84 Å². The summed E-state index contributed by atoms with van der Waals surface area (Å²) in [5.74, 6) is -0.651. The van der Waals surface area contributed by atoms with E-state index < -0.39 is 5.97 Å². The smallest absolute Gasteiger partial charge is 0.342 e. The lowest BCUT2D eigenvalue weighted by Crippen LogP contribution is -2.18. The molecule has 2 aromatic rings. The van der Waals surface area contributed by atoms with Crippen LogP contribution in [0.4, 0.5) is 0 Å². The Morgan fingerprint density at radius 1 is 1.18 bits per heavy atom. The lowest BCUT2D eigenvalue weighted by molar-refractivity contribution is -0.145. The molecule has 0 aliphatic carbocycles. The fourth-order valence-electron chi connectivity index (χ4n) is 2.05. The van der Waals surface area contributed by atoms with Gasteiger partial charge in [0.25, 0.3) is 0 Å². The average molecular weight is 317 g/mol. The molecule has 0 bridgehead atoms. The third kappa shape index (κ3) is 4.09. The van der Waals surface area contributed by atoms with Crippen molar-refractivity contribution in [1.82, 2.24) is 0 Å². The van der Waals surface area contributed by atoms with E-state index in [1.807, 2.05) is 37.3 Å². The van der Waals surface area contributed by atoms with E-state index in [9.17, 15) is 4.79 Å². The summed E-state index contributed by atoms with van der Waals surface area (Å²) < 4.78 is 0. The van der Waals surface area contributed by atoms with E-state index in [0.29, 0.717) is 17.0 Å². The number of nitrogens with zero attached hydrogens (tertiary/aromatic N) is 1. The molecular weight excluding hydrogens is 300 g/mol. The fraction of sp³-hybridized carbons (Fsp3) is 0.176. The van der Waals surface area contributed by atoms with Gasteiger partial charge < -0.3 is 10.6 Å². The maximum absolute atomic E-state index is 12.2. The van der Waals surface area contributed by atoms with E-state index in [2.05, 4.69) is 5.16 Å². The van der Waals surface area contributed by atoms with Crippen molar-refractivity contribution < 1.29 is 9.63 Å². The highest BCUT2D eigenvalue weighted by Gasteiger charge is 2.20. The molecule has 0 amide bonds. The van der Waals surface area contributed by atoms with Crippen LogP contribution in [0.3, 0.4) is 0 Å². The van der Waals surface area contributed by atoms with E-state index in [4.69, 9.17) is 22.2 Å². The van der Waals surface area contributed by atoms with Crippen LogP contribution in [-0.2, 0) is 9.63 Å². The normalized spacial score (nSPS) is 12.7. The van der Waals surface area contributed by atoms with Crippen LogP contribution in [0.5, 0.6) is 0 Å². The SMILES string of the molecule is CCC(C(=O)O/N=C(\N)c1ccc(Cl)cc1)c1ccccc1. The molecule has 1 atom stereocenters. The first-order valence-electron chi connectivity index (χ1n) is 6.97. The Bertz CT molecular complexity index is 654. The molecule has 114 valence electrons. The van der Waals surface area contributed by atoms with Crippen molar-refractivity contribution in [1.29, 1.82) is 0 Å². The summed E-state index contributed by atoms with van der Waals surface area (Å²) in [5.41, 5.74) is 7.35. The van der Waals surface area contributed by atoms with Gasteiger partial charge in [-0.3, -0.25) is 0 Å². The topological polar surface area (TPSA) is 64.7 Å². The van der Waals surface area contributed by atoms with Crippen LogP contribution >= 0.6 is 11.6 Å². The molecular formula is C17H17ClN2O2. The summed E-state index contributed by atoms with van der Waals surface area (Å²) in [4.78, 5) is 17.1. The number of halogens is 1. The van der Waals surface area contributed by atoms with Crippen molar-refractivity contribution >= 4 is 23.4 Å². The third-order valence-electron chi connectivity index (χ3n) is 3.27. The Morgan fingerprint density at radius 3 is 2.41 bits per heavy atom. The van der Waals surface area contributed by atoms with Crippen LogP contribution in [0.25, 0.3) is 0 Å². The number of oxime groups is 1. The van der Waals surface area contributed by atoms with Crippen LogP contribution in [0.1, 0.15) is 30.4 Å². The zero-order valence-electron chi connectivity index (χ0n) is 12.2. The molecule has 4 nitrogen and oxygen atoms in total. The maximum Gasteiger partial charge on any atom is 0.342 e. The fourth-order valence-corrected chi connectivity index (χ4v) is 2.18. The van der Waals surface area contributed by atoms with Gasteiger partial charge in [0.05, 0.1) is 5.92 Å². The van der Waals surface area contributed by atoms with E-state index >= 15 is 0 Å². The predicted octanol–water partition coefficient (Wildman–Crippen LogP) is 3.70. The summed E-state index contributed by atoms with van der Waals surface area (Å²) in [7, 11) is 0. The summed E-state index contributed by atoms with van der Waals surface area (Å²) in [6.45, 7) is 1.92. The van der Waals surface area contributed by atoms with Gasteiger partial charge in [0.2, 0.25) is 0 Å². The molecule has 0 fully saturated rings. The van der Waals surface area contributed by atoms with Gasteiger partial charge in [-0.05, 0) is 36.2 Å². The number of hydrogen-bond donors (Lipinski definition) is 1. The molecule has 0 spiro atoms. The zero-order valence-corrected chi connectivity index (χ0v) is 13.0. The number of amidine groups is 1. The standard InChI is InChI=1S/C17H17ClN2O2/c1-2-15(12-6-4-3-5-7-12)17(21)22-20-16(19)13-8-10-14(18)11-9-13/h3-11,15H,2H2,1H3,(H2,19,20). The van der Waals surface area contributed by atoms with Crippen molar-refractivity contribution in [2.45, 2.75) is 19.3 Å². The van der Waals surface area contributed by atoms with E-state index in [1.165, 1.54) is 0 Å². The molecule has 0 radical (unpaired) electrons. The number of hydrogen-bond acceptors (Lipinski definition) is 3. The molecule has 0 heterocycles. The second-order valence-corrected chi connectivity index (χ2v) is 5.20. The largest absolute Gasteiger partial charge is 0.380 e. The van der Waals surface area contributed by atoms with Crippen molar-refractivity contribution in [2.24, 2.45) is 10.9 Å². The molecule has 0 aliphatic heterocycles. The Kier molecular flexibility index (Phi) is 5.55. The van der Waals surface area contributed by atoms with Gasteiger partial charge >= 0.3 is 5.97 Å². The van der Waals surface area contributed by atoms with Crippen molar-refractivity contribution in [3.63, 3.8) is 0 Å². The first kappa shape index (κ1) is 16.0. The number of carbonyl (C=O) groups excluding carboxylic acids is 1. The molecule has 0 saturated carbocycles. The molecule has 0 saturated heterocycles. The number of rotatable bonds is 5. The van der Waals surface area contributed by atoms with Gasteiger partial charge in [-0.1, -0.05) is 54.0 Å². The monoisotopic (exact) mass is 316 g/mol. The first-order chi connectivity index (χ1) is 10.6. The third-order valence-corrected chi connectivity index (χ3v) is 3.52. The quantitative estimate of drug-likeness (QED) is 0.396. The van der Waals surface area contributed by atoms with Crippen LogP contribution in [0.15, 0.2) is 59.8 Å². The second-order valence-electron chi connectivity index (χ2n) is 4.77. The highest BCUT2D eigenvalue weighted by atomic mass is 35.5. The Balaban J connectivity index is 2.07. The van der Waals surface area contributed by atoms with E-state index in [-0.39, 0.29) is 11.8 Å². The Morgan fingerprint density at radius 2 is 1.82 bits per heavy atom. The predicted molar refractivity (Wildman–Crippen MR) is 87.7 cm³/mol. The molecule has 1 unspecified atom stereocenters. The van der Waals surface area contributed by atoms with Crippen LogP contribution in [0, 0.1) is 0 Å². The van der Waals surface area contributed by atoms with E-state index in [0.717, 1.165) is 5.56 Å². The van der Waals surface area contributed by atoms with Gasteiger partial charge in [-0.15, -0.1) is 0 Å². The Hall–Kier alpha value is -2.33. The molecule has 2 rings (SSSR count). The second kappa shape index (κ2) is 7.61. The lowest BCUT2D eigenvalue weighted by Gasteiger charge is -2.11. The Labute approximate surface area is 134 Å². The summed E-state index contributed by atoms with van der Waals surface area (Å²) in [6, 6.07) is 16.3. The van der Waals surface area contributed by atoms with Crippen molar-refractivity contribution in [3.8, 4) is 0 Å². The summed E-state index contributed by atoms with van der Waals surface area (Å²) >= 11 is 5.81.